The number of rotatable bonds is 7. The summed E-state index contributed by atoms with van der Waals surface area (Å²) in [5.74, 6) is -1.90. The van der Waals surface area contributed by atoms with E-state index in [4.69, 9.17) is 9.47 Å². The van der Waals surface area contributed by atoms with E-state index < -0.39 is 29.3 Å². The Labute approximate surface area is 171 Å². The molecule has 2 aromatic carbocycles. The zero-order valence-electron chi connectivity index (χ0n) is 16.1. The van der Waals surface area contributed by atoms with E-state index in [9.17, 15) is 24.5 Å². The quantitative estimate of drug-likeness (QED) is 0.418. The van der Waals surface area contributed by atoms with E-state index >= 15 is 0 Å². The molecular formula is C20H19N3O7. The fraction of sp³-hybridized carbons (Fsp3) is 0.250. The van der Waals surface area contributed by atoms with Gasteiger partial charge in [0.2, 0.25) is 5.91 Å². The van der Waals surface area contributed by atoms with Gasteiger partial charge >= 0.3 is 5.97 Å². The highest BCUT2D eigenvalue weighted by molar-refractivity contribution is 6.01. The third-order valence-electron chi connectivity index (χ3n) is 4.55. The molecule has 0 bridgehead atoms. The molecule has 156 valence electrons. The summed E-state index contributed by atoms with van der Waals surface area (Å²) >= 11 is 0. The number of benzene rings is 2. The number of carbonyl (C=O) groups excluding carboxylic acids is 3. The number of nitrogens with zero attached hydrogens (tertiary/aromatic N) is 2. The lowest BCUT2D eigenvalue weighted by Crippen LogP contribution is -2.28. The van der Waals surface area contributed by atoms with Gasteiger partial charge in [-0.3, -0.25) is 24.5 Å². The summed E-state index contributed by atoms with van der Waals surface area (Å²) in [7, 11) is 1.49. The van der Waals surface area contributed by atoms with Gasteiger partial charge in [-0.1, -0.05) is 24.3 Å². The summed E-state index contributed by atoms with van der Waals surface area (Å²) < 4.78 is 10.3. The van der Waals surface area contributed by atoms with E-state index in [0.29, 0.717) is 11.4 Å². The second-order valence-corrected chi connectivity index (χ2v) is 6.51. The third-order valence-corrected chi connectivity index (χ3v) is 4.55. The highest BCUT2D eigenvalue weighted by Crippen LogP contribution is 2.33. The first-order valence-electron chi connectivity index (χ1n) is 9.04. The lowest BCUT2D eigenvalue weighted by molar-refractivity contribution is -0.383. The number of hydrogen-bond donors (Lipinski definition) is 1. The van der Waals surface area contributed by atoms with Crippen molar-refractivity contribution in [3.8, 4) is 5.75 Å². The summed E-state index contributed by atoms with van der Waals surface area (Å²) in [6.07, 6.45) is -0.0529. The molecule has 1 atom stereocenters. The fourth-order valence-electron chi connectivity index (χ4n) is 3.13. The lowest BCUT2D eigenvalue weighted by Gasteiger charge is -2.19. The van der Waals surface area contributed by atoms with Crippen LogP contribution in [0.4, 0.5) is 17.1 Å². The summed E-state index contributed by atoms with van der Waals surface area (Å²) in [5.41, 5.74) is 0.280. The third kappa shape index (κ3) is 4.54. The predicted molar refractivity (Wildman–Crippen MR) is 106 cm³/mol. The van der Waals surface area contributed by atoms with Gasteiger partial charge in [0.25, 0.3) is 11.6 Å². The molecule has 1 aliphatic rings. The molecule has 0 spiro atoms. The molecule has 2 amide bonds. The number of para-hydroxylation sites is 4. The number of esters is 1. The van der Waals surface area contributed by atoms with Crippen molar-refractivity contribution in [2.24, 2.45) is 5.92 Å². The van der Waals surface area contributed by atoms with Crippen LogP contribution >= 0.6 is 0 Å². The van der Waals surface area contributed by atoms with Crippen LogP contribution in [-0.4, -0.2) is 43.0 Å². The summed E-state index contributed by atoms with van der Waals surface area (Å²) in [6, 6.07) is 12.6. The molecule has 1 heterocycles. The maximum absolute atomic E-state index is 12.4. The topological polar surface area (TPSA) is 128 Å². The molecule has 10 heteroatoms. The van der Waals surface area contributed by atoms with Gasteiger partial charge in [0.05, 0.1) is 23.6 Å². The molecule has 1 N–H and O–H groups in total. The van der Waals surface area contributed by atoms with E-state index in [2.05, 4.69) is 5.32 Å². The van der Waals surface area contributed by atoms with Gasteiger partial charge in [-0.15, -0.1) is 0 Å². The number of ether oxygens (including phenoxy) is 2. The summed E-state index contributed by atoms with van der Waals surface area (Å²) in [4.78, 5) is 48.5. The maximum Gasteiger partial charge on any atom is 0.311 e. The first-order chi connectivity index (χ1) is 14.4. The normalized spacial score (nSPS) is 15.6. The Morgan fingerprint density at radius 2 is 1.90 bits per heavy atom. The predicted octanol–water partition coefficient (Wildman–Crippen LogP) is 2.14. The maximum atomic E-state index is 12.4. The standard InChI is InChI=1S/C20H19N3O7/c1-29-17-9-5-4-8-16(17)22-11-13(10-19(22)25)20(26)30-12-18(24)21-14-6-2-3-7-15(14)23(27)28/h2-9,13H,10-12H2,1H3,(H,21,24)/t13-/m0/s1. The molecule has 1 fully saturated rings. The minimum atomic E-state index is -0.735. The van der Waals surface area contributed by atoms with Crippen molar-refractivity contribution >= 4 is 34.8 Å². The zero-order chi connectivity index (χ0) is 21.7. The molecule has 2 aromatic rings. The van der Waals surface area contributed by atoms with Crippen LogP contribution in [0.3, 0.4) is 0 Å². The Balaban J connectivity index is 1.57. The van der Waals surface area contributed by atoms with Gasteiger partial charge in [-0.25, -0.2) is 0 Å². The van der Waals surface area contributed by atoms with Crippen LogP contribution in [0.1, 0.15) is 6.42 Å². The van der Waals surface area contributed by atoms with Gasteiger partial charge in [-0.2, -0.15) is 0 Å². The Morgan fingerprint density at radius 3 is 2.63 bits per heavy atom. The molecule has 1 saturated heterocycles. The highest BCUT2D eigenvalue weighted by atomic mass is 16.6. The molecule has 0 aliphatic carbocycles. The minimum absolute atomic E-state index is 0.00180. The van der Waals surface area contributed by atoms with E-state index in [-0.39, 0.29) is 30.2 Å². The van der Waals surface area contributed by atoms with Crippen LogP contribution in [0, 0.1) is 16.0 Å². The van der Waals surface area contributed by atoms with Crippen LogP contribution in [0.5, 0.6) is 5.75 Å². The number of amides is 2. The first kappa shape index (κ1) is 20.8. The largest absolute Gasteiger partial charge is 0.495 e. The lowest BCUT2D eigenvalue weighted by atomic mass is 10.1. The summed E-state index contributed by atoms with van der Waals surface area (Å²) in [6.45, 7) is -0.520. The van der Waals surface area contributed by atoms with E-state index in [0.717, 1.165) is 0 Å². The van der Waals surface area contributed by atoms with E-state index in [1.165, 1.54) is 36.3 Å². The molecule has 3 rings (SSSR count). The molecule has 0 radical (unpaired) electrons. The van der Waals surface area contributed by atoms with Gasteiger partial charge in [0.1, 0.15) is 11.4 Å². The van der Waals surface area contributed by atoms with Crippen LogP contribution < -0.4 is 15.0 Å². The van der Waals surface area contributed by atoms with Crippen LogP contribution in [0.25, 0.3) is 0 Å². The van der Waals surface area contributed by atoms with Crippen molar-refractivity contribution in [1.29, 1.82) is 0 Å². The highest BCUT2D eigenvalue weighted by Gasteiger charge is 2.37. The van der Waals surface area contributed by atoms with Crippen molar-refractivity contribution in [3.05, 3.63) is 58.6 Å². The molecule has 30 heavy (non-hydrogen) atoms. The number of nitrogens with one attached hydrogen (secondary N) is 1. The van der Waals surface area contributed by atoms with Gasteiger partial charge in [-0.05, 0) is 18.2 Å². The molecule has 0 aromatic heterocycles. The number of carbonyl (C=O) groups is 3. The Kier molecular flexibility index (Phi) is 6.26. The summed E-state index contributed by atoms with van der Waals surface area (Å²) in [5, 5.41) is 13.3. The monoisotopic (exact) mass is 413 g/mol. The van der Waals surface area contributed by atoms with Crippen LogP contribution in [0.15, 0.2) is 48.5 Å². The van der Waals surface area contributed by atoms with Crippen molar-refractivity contribution < 1.29 is 28.8 Å². The number of anilines is 2. The minimum Gasteiger partial charge on any atom is -0.495 e. The molecular weight excluding hydrogens is 394 g/mol. The van der Waals surface area contributed by atoms with Gasteiger partial charge in [0, 0.05) is 19.0 Å². The Morgan fingerprint density at radius 1 is 1.20 bits per heavy atom. The second kappa shape index (κ2) is 9.03. The van der Waals surface area contributed by atoms with Crippen molar-refractivity contribution in [2.75, 3.05) is 30.5 Å². The molecule has 0 saturated carbocycles. The fourth-order valence-corrected chi connectivity index (χ4v) is 3.13. The Bertz CT molecular complexity index is 992. The van der Waals surface area contributed by atoms with Crippen molar-refractivity contribution in [3.63, 3.8) is 0 Å². The van der Waals surface area contributed by atoms with Crippen molar-refractivity contribution in [2.45, 2.75) is 6.42 Å². The molecule has 10 nitrogen and oxygen atoms in total. The van der Waals surface area contributed by atoms with E-state index in [1.54, 1.807) is 24.3 Å². The van der Waals surface area contributed by atoms with Crippen LogP contribution in [0.2, 0.25) is 0 Å². The van der Waals surface area contributed by atoms with Crippen LogP contribution in [-0.2, 0) is 19.1 Å². The van der Waals surface area contributed by atoms with Gasteiger partial charge in [0.15, 0.2) is 6.61 Å². The zero-order valence-corrected chi connectivity index (χ0v) is 16.1. The number of hydrogen-bond acceptors (Lipinski definition) is 7. The smallest absolute Gasteiger partial charge is 0.311 e. The Hall–Kier alpha value is -3.95. The SMILES string of the molecule is COc1ccccc1N1C[C@@H](C(=O)OCC(=O)Nc2ccccc2[N+](=O)[O-])CC1=O. The number of nitro benzene ring substituents is 1. The number of nitro groups is 1. The van der Waals surface area contributed by atoms with E-state index in [1.807, 2.05) is 0 Å². The second-order valence-electron chi connectivity index (χ2n) is 6.51. The average molecular weight is 413 g/mol. The van der Waals surface area contributed by atoms with Crippen molar-refractivity contribution in [1.82, 2.24) is 0 Å². The molecule has 0 unspecified atom stereocenters. The average Bonchev–Trinajstić information content (AvgIpc) is 3.13. The number of methoxy groups -OCH3 is 1. The first-order valence-corrected chi connectivity index (χ1v) is 9.04. The van der Waals surface area contributed by atoms with Gasteiger partial charge < -0.3 is 19.7 Å². The molecule has 1 aliphatic heterocycles.